The maximum atomic E-state index is 11.9. The highest BCUT2D eigenvalue weighted by Crippen LogP contribution is 2.14. The minimum atomic E-state index is -0.278. The minimum Gasteiger partial charge on any atom is -0.494 e. The third kappa shape index (κ3) is 3.66. The van der Waals surface area contributed by atoms with E-state index in [9.17, 15) is 4.79 Å². The molecule has 1 amide bonds. The Morgan fingerprint density at radius 1 is 1.32 bits per heavy atom. The van der Waals surface area contributed by atoms with Crippen LogP contribution in [0.1, 0.15) is 17.3 Å². The summed E-state index contributed by atoms with van der Waals surface area (Å²) in [6.07, 6.45) is 2.83. The molecule has 0 aliphatic carbocycles. The lowest BCUT2D eigenvalue weighted by atomic mass is 10.2. The van der Waals surface area contributed by atoms with Gasteiger partial charge in [0.05, 0.1) is 19.0 Å². The molecule has 0 bridgehead atoms. The first-order valence-corrected chi connectivity index (χ1v) is 6.08. The molecule has 0 fully saturated rings. The van der Waals surface area contributed by atoms with Gasteiger partial charge in [0, 0.05) is 5.56 Å². The number of amides is 1. The fraction of sp³-hybridized carbons (Fsp3) is 0.154. The van der Waals surface area contributed by atoms with Crippen LogP contribution in [0.2, 0.25) is 5.15 Å². The summed E-state index contributed by atoms with van der Waals surface area (Å²) in [6, 6.07) is 6.83. The molecule has 1 N–H and O–H groups in total. The molecule has 5 nitrogen and oxygen atoms in total. The Bertz CT molecular complexity index is 572. The lowest BCUT2D eigenvalue weighted by Crippen LogP contribution is -2.13. The molecule has 0 aliphatic rings. The summed E-state index contributed by atoms with van der Waals surface area (Å²) in [5.74, 6) is 0.757. The van der Waals surface area contributed by atoms with E-state index in [1.165, 1.54) is 12.4 Å². The predicted molar refractivity (Wildman–Crippen MR) is 72.6 cm³/mol. The molecule has 2 rings (SSSR count). The largest absolute Gasteiger partial charge is 0.494 e. The van der Waals surface area contributed by atoms with Gasteiger partial charge >= 0.3 is 0 Å². The van der Waals surface area contributed by atoms with Gasteiger partial charge in [0.2, 0.25) is 0 Å². The highest BCUT2D eigenvalue weighted by molar-refractivity contribution is 6.29. The Hall–Kier alpha value is -2.14. The molecule has 1 aromatic heterocycles. The number of hydrogen-bond donors (Lipinski definition) is 1. The topological polar surface area (TPSA) is 64.1 Å². The Balaban J connectivity index is 2.07. The number of ether oxygens (including phenoxy) is 1. The van der Waals surface area contributed by atoms with Gasteiger partial charge in [0.25, 0.3) is 5.91 Å². The van der Waals surface area contributed by atoms with Gasteiger partial charge in [-0.25, -0.2) is 4.98 Å². The maximum Gasteiger partial charge on any atom is 0.256 e. The van der Waals surface area contributed by atoms with Gasteiger partial charge in [0.15, 0.2) is 5.82 Å². The molecule has 1 aromatic carbocycles. The van der Waals surface area contributed by atoms with E-state index < -0.39 is 0 Å². The fourth-order valence-corrected chi connectivity index (χ4v) is 1.61. The Morgan fingerprint density at radius 3 is 2.68 bits per heavy atom. The molecule has 0 unspecified atom stereocenters. The van der Waals surface area contributed by atoms with Crippen LogP contribution >= 0.6 is 11.6 Å². The van der Waals surface area contributed by atoms with Crippen LogP contribution in [0, 0.1) is 0 Å². The molecule has 0 radical (unpaired) electrons. The normalized spacial score (nSPS) is 10.0. The zero-order valence-corrected chi connectivity index (χ0v) is 11.0. The van der Waals surface area contributed by atoms with Crippen molar-refractivity contribution in [1.82, 2.24) is 9.97 Å². The molecule has 98 valence electrons. The van der Waals surface area contributed by atoms with Crippen LogP contribution in [-0.2, 0) is 0 Å². The lowest BCUT2D eigenvalue weighted by molar-refractivity contribution is 0.102. The van der Waals surface area contributed by atoms with Crippen LogP contribution < -0.4 is 10.1 Å². The van der Waals surface area contributed by atoms with Crippen LogP contribution in [-0.4, -0.2) is 22.5 Å². The van der Waals surface area contributed by atoms with Crippen molar-refractivity contribution in [2.75, 3.05) is 11.9 Å². The molecule has 0 saturated heterocycles. The number of hydrogen-bond acceptors (Lipinski definition) is 4. The van der Waals surface area contributed by atoms with E-state index in [1.807, 2.05) is 6.92 Å². The molecule has 0 aliphatic heterocycles. The van der Waals surface area contributed by atoms with Crippen LogP contribution in [0.15, 0.2) is 36.7 Å². The first-order chi connectivity index (χ1) is 9.19. The van der Waals surface area contributed by atoms with Gasteiger partial charge in [-0.3, -0.25) is 9.78 Å². The van der Waals surface area contributed by atoms with Crippen molar-refractivity contribution in [1.29, 1.82) is 0 Å². The standard InChI is InChI=1S/C13H12ClN3O2/c1-2-19-10-5-3-9(4-6-10)13(18)17-12-8-15-7-11(14)16-12/h3-8H,2H2,1H3,(H,16,17,18). The van der Waals surface area contributed by atoms with Crippen molar-refractivity contribution in [3.05, 3.63) is 47.4 Å². The molecule has 19 heavy (non-hydrogen) atoms. The van der Waals surface area contributed by atoms with Crippen molar-refractivity contribution in [2.24, 2.45) is 0 Å². The number of carbonyl (C=O) groups is 1. The number of nitrogens with one attached hydrogen (secondary N) is 1. The van der Waals surface area contributed by atoms with Crippen molar-refractivity contribution < 1.29 is 9.53 Å². The smallest absolute Gasteiger partial charge is 0.256 e. The zero-order chi connectivity index (χ0) is 13.7. The van der Waals surface area contributed by atoms with E-state index in [-0.39, 0.29) is 11.1 Å². The lowest BCUT2D eigenvalue weighted by Gasteiger charge is -2.06. The average Bonchev–Trinajstić information content (AvgIpc) is 2.40. The number of anilines is 1. The van der Waals surface area contributed by atoms with Gasteiger partial charge in [-0.1, -0.05) is 11.6 Å². The number of nitrogens with zero attached hydrogens (tertiary/aromatic N) is 2. The second kappa shape index (κ2) is 6.15. The van der Waals surface area contributed by atoms with Gasteiger partial charge < -0.3 is 10.1 Å². The Morgan fingerprint density at radius 2 is 2.05 bits per heavy atom. The van der Waals surface area contributed by atoms with Crippen LogP contribution in [0.3, 0.4) is 0 Å². The summed E-state index contributed by atoms with van der Waals surface area (Å²) >= 11 is 5.69. The molecule has 2 aromatic rings. The summed E-state index contributed by atoms with van der Waals surface area (Å²) < 4.78 is 5.30. The van der Waals surface area contributed by atoms with E-state index in [0.717, 1.165) is 5.75 Å². The van der Waals surface area contributed by atoms with E-state index in [4.69, 9.17) is 16.3 Å². The predicted octanol–water partition coefficient (Wildman–Crippen LogP) is 2.78. The third-order valence-corrected chi connectivity index (χ3v) is 2.46. The summed E-state index contributed by atoms with van der Waals surface area (Å²) in [5.41, 5.74) is 0.505. The van der Waals surface area contributed by atoms with E-state index in [0.29, 0.717) is 18.0 Å². The summed E-state index contributed by atoms with van der Waals surface area (Å²) in [4.78, 5) is 19.7. The molecule has 1 heterocycles. The van der Waals surface area contributed by atoms with Crippen LogP contribution in [0.4, 0.5) is 5.82 Å². The monoisotopic (exact) mass is 277 g/mol. The van der Waals surface area contributed by atoms with Crippen LogP contribution in [0.5, 0.6) is 5.75 Å². The first kappa shape index (κ1) is 13.3. The summed E-state index contributed by atoms with van der Waals surface area (Å²) in [5, 5.41) is 2.84. The number of carbonyl (C=O) groups excluding carboxylic acids is 1. The number of benzene rings is 1. The minimum absolute atomic E-state index is 0.226. The van der Waals surface area contributed by atoms with Gasteiger partial charge in [-0.2, -0.15) is 0 Å². The number of aromatic nitrogens is 2. The molecule has 6 heteroatoms. The average molecular weight is 278 g/mol. The van der Waals surface area contributed by atoms with Crippen molar-refractivity contribution >= 4 is 23.3 Å². The second-order valence-electron chi connectivity index (χ2n) is 3.64. The highest BCUT2D eigenvalue weighted by atomic mass is 35.5. The second-order valence-corrected chi connectivity index (χ2v) is 4.03. The van der Waals surface area contributed by atoms with Crippen molar-refractivity contribution in [3.63, 3.8) is 0 Å². The van der Waals surface area contributed by atoms with Crippen molar-refractivity contribution in [2.45, 2.75) is 6.92 Å². The van der Waals surface area contributed by atoms with Crippen molar-refractivity contribution in [3.8, 4) is 5.75 Å². The Labute approximate surface area is 115 Å². The molecular weight excluding hydrogens is 266 g/mol. The SMILES string of the molecule is CCOc1ccc(C(=O)Nc2cncc(Cl)n2)cc1. The highest BCUT2D eigenvalue weighted by Gasteiger charge is 2.07. The van der Waals surface area contributed by atoms with E-state index in [2.05, 4.69) is 15.3 Å². The quantitative estimate of drug-likeness (QED) is 0.933. The maximum absolute atomic E-state index is 11.9. The Kier molecular flexibility index (Phi) is 4.30. The third-order valence-electron chi connectivity index (χ3n) is 2.27. The fourth-order valence-electron chi connectivity index (χ4n) is 1.46. The van der Waals surface area contributed by atoms with E-state index in [1.54, 1.807) is 24.3 Å². The molecule has 0 spiro atoms. The first-order valence-electron chi connectivity index (χ1n) is 5.71. The van der Waals surface area contributed by atoms with Gasteiger partial charge in [-0.15, -0.1) is 0 Å². The summed E-state index contributed by atoms with van der Waals surface area (Å²) in [7, 11) is 0. The van der Waals surface area contributed by atoms with Gasteiger partial charge in [0.1, 0.15) is 10.9 Å². The molecule has 0 atom stereocenters. The number of rotatable bonds is 4. The van der Waals surface area contributed by atoms with Gasteiger partial charge in [-0.05, 0) is 31.2 Å². The summed E-state index contributed by atoms with van der Waals surface area (Å²) in [6.45, 7) is 2.49. The zero-order valence-electron chi connectivity index (χ0n) is 10.3. The number of halogens is 1. The molecular formula is C13H12ClN3O2. The van der Waals surface area contributed by atoms with E-state index >= 15 is 0 Å². The van der Waals surface area contributed by atoms with Crippen LogP contribution in [0.25, 0.3) is 0 Å². The molecule has 0 saturated carbocycles.